The van der Waals surface area contributed by atoms with Gasteiger partial charge in [0.15, 0.2) is 0 Å². The van der Waals surface area contributed by atoms with E-state index in [1.54, 1.807) is 0 Å². The third-order valence-corrected chi connectivity index (χ3v) is 2.35. The molecule has 7 nitrogen and oxygen atoms in total. The smallest absolute Gasteiger partial charge is 0.320 e. The molecule has 1 fully saturated rings. The van der Waals surface area contributed by atoms with Gasteiger partial charge in [0.2, 0.25) is 0 Å². The zero-order valence-electron chi connectivity index (χ0n) is 6.95. The number of carboxylic acid groups (broad SMARTS) is 3. The molecule has 0 heterocycles. The maximum Gasteiger partial charge on any atom is 0.320 e. The summed E-state index contributed by atoms with van der Waals surface area (Å²) in [5.41, 5.74) is 5.15. The van der Waals surface area contributed by atoms with Crippen molar-refractivity contribution in [1.29, 1.82) is 0 Å². The first-order chi connectivity index (χ1) is 6.37. The molecule has 0 radical (unpaired) electrons. The van der Waals surface area contributed by atoms with Gasteiger partial charge < -0.3 is 21.1 Å². The maximum atomic E-state index is 10.5. The third-order valence-electron chi connectivity index (χ3n) is 2.35. The molecule has 0 aliphatic heterocycles. The normalized spacial score (nSPS) is 31.9. The number of carbonyl (C=O) groups is 3. The largest absolute Gasteiger partial charge is 0.481 e. The Labute approximate surface area is 78.1 Å². The molecule has 0 aromatic carbocycles. The standard InChI is InChI=1S/C7H9NO6/c8-4(7(13)14)1-2(5(9)10)3(1)6(11)12/h1-4H,8H2,(H,9,10)(H,11,12)(H,13,14)/t1?,2-,3?,4+/m1/s1. The second-order valence-electron chi connectivity index (χ2n) is 3.17. The van der Waals surface area contributed by atoms with Crippen molar-refractivity contribution in [1.82, 2.24) is 0 Å². The fraction of sp³-hybridized carbons (Fsp3) is 0.571. The van der Waals surface area contributed by atoms with Crippen LogP contribution in [0.25, 0.3) is 0 Å². The molecule has 5 N–H and O–H groups in total. The number of hydrogen-bond acceptors (Lipinski definition) is 4. The number of hydrogen-bond donors (Lipinski definition) is 4. The zero-order valence-corrected chi connectivity index (χ0v) is 6.95. The SMILES string of the molecule is N[C@H](C(=O)O)C1C(C(=O)O)[C@@H]1C(=O)O. The molecular weight excluding hydrogens is 194 g/mol. The van der Waals surface area contributed by atoms with E-state index < -0.39 is 41.7 Å². The second kappa shape index (κ2) is 3.26. The van der Waals surface area contributed by atoms with Gasteiger partial charge in [0.05, 0.1) is 11.8 Å². The minimum atomic E-state index is -1.43. The molecule has 0 aromatic rings. The van der Waals surface area contributed by atoms with E-state index in [0.717, 1.165) is 0 Å². The molecule has 0 amide bonds. The maximum absolute atomic E-state index is 10.5. The Kier molecular flexibility index (Phi) is 2.43. The van der Waals surface area contributed by atoms with Crippen molar-refractivity contribution in [3.05, 3.63) is 0 Å². The molecule has 1 rings (SSSR count). The summed E-state index contributed by atoms with van der Waals surface area (Å²) in [5.74, 6) is -7.40. The van der Waals surface area contributed by atoms with Crippen LogP contribution >= 0.6 is 0 Å². The van der Waals surface area contributed by atoms with E-state index in [2.05, 4.69) is 0 Å². The highest BCUT2D eigenvalue weighted by Crippen LogP contribution is 2.48. The van der Waals surface area contributed by atoms with Crippen LogP contribution < -0.4 is 5.73 Å². The van der Waals surface area contributed by atoms with Crippen LogP contribution in [0, 0.1) is 17.8 Å². The summed E-state index contributed by atoms with van der Waals surface area (Å²) >= 11 is 0. The lowest BCUT2D eigenvalue weighted by Crippen LogP contribution is -2.34. The van der Waals surface area contributed by atoms with Crippen molar-refractivity contribution in [2.45, 2.75) is 6.04 Å². The number of aliphatic carboxylic acids is 3. The Morgan fingerprint density at radius 2 is 1.36 bits per heavy atom. The second-order valence-corrected chi connectivity index (χ2v) is 3.17. The van der Waals surface area contributed by atoms with Gasteiger partial charge in [-0.1, -0.05) is 0 Å². The average molecular weight is 203 g/mol. The van der Waals surface area contributed by atoms with Gasteiger partial charge in [0.1, 0.15) is 6.04 Å². The fourth-order valence-corrected chi connectivity index (χ4v) is 1.58. The summed E-state index contributed by atoms with van der Waals surface area (Å²) in [4.78, 5) is 31.4. The summed E-state index contributed by atoms with van der Waals surface area (Å²) in [7, 11) is 0. The Morgan fingerprint density at radius 1 is 1.00 bits per heavy atom. The van der Waals surface area contributed by atoms with Crippen LogP contribution in [0.3, 0.4) is 0 Å². The van der Waals surface area contributed by atoms with Gasteiger partial charge in [0, 0.05) is 5.92 Å². The van der Waals surface area contributed by atoms with Gasteiger partial charge in [0.25, 0.3) is 0 Å². The first-order valence-electron chi connectivity index (χ1n) is 3.82. The number of rotatable bonds is 4. The molecular formula is C7H9NO6. The highest BCUT2D eigenvalue weighted by Gasteiger charge is 2.63. The van der Waals surface area contributed by atoms with Gasteiger partial charge in [-0.3, -0.25) is 14.4 Å². The molecule has 78 valence electrons. The van der Waals surface area contributed by atoms with Gasteiger partial charge in [-0.15, -0.1) is 0 Å². The van der Waals surface area contributed by atoms with Gasteiger partial charge >= 0.3 is 17.9 Å². The first kappa shape index (κ1) is 10.5. The van der Waals surface area contributed by atoms with Crippen molar-refractivity contribution < 1.29 is 29.7 Å². The molecule has 1 saturated carbocycles. The lowest BCUT2D eigenvalue weighted by Gasteiger charge is -2.02. The van der Waals surface area contributed by atoms with Gasteiger partial charge in [-0.05, 0) is 0 Å². The molecule has 0 spiro atoms. The van der Waals surface area contributed by atoms with E-state index >= 15 is 0 Å². The number of carboxylic acids is 3. The number of nitrogens with two attached hydrogens (primary N) is 1. The van der Waals surface area contributed by atoms with Gasteiger partial charge in [-0.2, -0.15) is 0 Å². The Hall–Kier alpha value is -1.63. The molecule has 0 aromatic heterocycles. The molecule has 4 atom stereocenters. The summed E-state index contributed by atoms with van der Waals surface area (Å²) in [6, 6.07) is -1.43. The van der Waals surface area contributed by atoms with Crippen LogP contribution in [0.1, 0.15) is 0 Å². The molecule has 2 unspecified atom stereocenters. The summed E-state index contributed by atoms with van der Waals surface area (Å²) in [6.45, 7) is 0. The van der Waals surface area contributed by atoms with E-state index in [0.29, 0.717) is 0 Å². The predicted octanol–water partition coefficient (Wildman–Crippen LogP) is -1.57. The molecule has 0 saturated heterocycles. The van der Waals surface area contributed by atoms with Crippen molar-refractivity contribution in [2.24, 2.45) is 23.5 Å². The quantitative estimate of drug-likeness (QED) is 0.433. The highest BCUT2D eigenvalue weighted by molar-refractivity contribution is 5.89. The van der Waals surface area contributed by atoms with E-state index in [1.807, 2.05) is 0 Å². The van der Waals surface area contributed by atoms with Crippen LogP contribution in [0.2, 0.25) is 0 Å². The lowest BCUT2D eigenvalue weighted by molar-refractivity contribution is -0.144. The molecule has 1 aliphatic carbocycles. The van der Waals surface area contributed by atoms with Crippen LogP contribution in [-0.4, -0.2) is 39.3 Å². The van der Waals surface area contributed by atoms with E-state index in [-0.39, 0.29) is 0 Å². The Balaban J connectivity index is 2.77. The van der Waals surface area contributed by atoms with E-state index in [4.69, 9.17) is 21.1 Å². The highest BCUT2D eigenvalue weighted by atomic mass is 16.4. The van der Waals surface area contributed by atoms with Crippen molar-refractivity contribution in [3.63, 3.8) is 0 Å². The molecule has 1 aliphatic rings. The van der Waals surface area contributed by atoms with Crippen molar-refractivity contribution in [2.75, 3.05) is 0 Å². The lowest BCUT2D eigenvalue weighted by atomic mass is 10.1. The first-order valence-corrected chi connectivity index (χ1v) is 3.82. The van der Waals surface area contributed by atoms with Crippen LogP contribution in [0.5, 0.6) is 0 Å². The summed E-state index contributed by atoms with van der Waals surface area (Å²) < 4.78 is 0. The minimum absolute atomic E-state index is 1.01. The Morgan fingerprint density at radius 3 is 1.57 bits per heavy atom. The van der Waals surface area contributed by atoms with Crippen LogP contribution in [0.4, 0.5) is 0 Å². The Bertz CT molecular complexity index is 281. The predicted molar refractivity (Wildman–Crippen MR) is 41.4 cm³/mol. The van der Waals surface area contributed by atoms with Crippen LogP contribution in [0.15, 0.2) is 0 Å². The van der Waals surface area contributed by atoms with Crippen LogP contribution in [-0.2, 0) is 14.4 Å². The minimum Gasteiger partial charge on any atom is -0.481 e. The van der Waals surface area contributed by atoms with Crippen molar-refractivity contribution in [3.8, 4) is 0 Å². The zero-order chi connectivity index (χ0) is 11.0. The van der Waals surface area contributed by atoms with E-state index in [1.165, 1.54) is 0 Å². The van der Waals surface area contributed by atoms with Crippen molar-refractivity contribution >= 4 is 17.9 Å². The summed E-state index contributed by atoms with van der Waals surface area (Å²) in [5, 5.41) is 25.6. The molecule has 7 heteroatoms. The summed E-state index contributed by atoms with van der Waals surface area (Å²) in [6.07, 6.45) is 0. The van der Waals surface area contributed by atoms with E-state index in [9.17, 15) is 14.4 Å². The topological polar surface area (TPSA) is 138 Å². The van der Waals surface area contributed by atoms with Gasteiger partial charge in [-0.25, -0.2) is 0 Å². The third kappa shape index (κ3) is 1.53. The molecule has 0 bridgehead atoms. The molecule has 14 heavy (non-hydrogen) atoms. The monoisotopic (exact) mass is 203 g/mol. The fourth-order valence-electron chi connectivity index (χ4n) is 1.58. The average Bonchev–Trinajstić information content (AvgIpc) is 2.76.